The summed E-state index contributed by atoms with van der Waals surface area (Å²) in [6.07, 6.45) is 0.944. The van der Waals surface area contributed by atoms with Gasteiger partial charge in [0.1, 0.15) is 0 Å². The molecule has 0 bridgehead atoms. The van der Waals surface area contributed by atoms with E-state index < -0.39 is 14.2 Å². The number of methoxy groups -OCH3 is 1. The summed E-state index contributed by atoms with van der Waals surface area (Å²) < 4.78 is 7.49. The molecule has 0 aliphatic carbocycles. The molecule has 2 aromatic carbocycles. The van der Waals surface area contributed by atoms with E-state index in [-0.39, 0.29) is 27.7 Å². The fourth-order valence-electron chi connectivity index (χ4n) is 3.46. The van der Waals surface area contributed by atoms with E-state index in [9.17, 15) is 10.2 Å². The van der Waals surface area contributed by atoms with Gasteiger partial charge in [0, 0.05) is 0 Å². The standard InChI is InChI=1S/C22H32O3SeSi/c1-5-19(24)18-13-9-10-14-21(18)26-22(20(25-2)15-16-23)27(3,4)17-11-7-6-8-12-17/h6-14,19-20,22-24H,5,15-16H2,1-4H3/t19-,20+,22-/m0/s1. The van der Waals surface area contributed by atoms with E-state index in [0.717, 1.165) is 5.56 Å². The second kappa shape index (κ2) is 10.6. The molecule has 5 heteroatoms. The molecule has 0 spiro atoms. The van der Waals surface area contributed by atoms with E-state index in [1.54, 1.807) is 7.11 Å². The Morgan fingerprint density at radius 2 is 1.67 bits per heavy atom. The third kappa shape index (κ3) is 5.53. The first-order chi connectivity index (χ1) is 13.0. The van der Waals surface area contributed by atoms with Crippen molar-refractivity contribution in [2.45, 2.75) is 49.5 Å². The first kappa shape index (κ1) is 22.3. The zero-order valence-corrected chi connectivity index (χ0v) is 19.5. The molecule has 0 radical (unpaired) electrons. The van der Waals surface area contributed by atoms with Gasteiger partial charge in [-0.1, -0.05) is 0 Å². The zero-order chi connectivity index (χ0) is 19.9. The SMILES string of the molecule is CC[C@H](O)c1ccccc1[Se][C@H]([C@@H](CCO)OC)[Si](C)(C)c1ccccc1. The van der Waals surface area contributed by atoms with Crippen molar-refractivity contribution in [2.24, 2.45) is 0 Å². The Kier molecular flexibility index (Phi) is 8.74. The van der Waals surface area contributed by atoms with Crippen LogP contribution in [-0.2, 0) is 4.74 Å². The first-order valence-corrected chi connectivity index (χ1v) is 14.5. The van der Waals surface area contributed by atoms with Crippen molar-refractivity contribution in [3.8, 4) is 0 Å². The van der Waals surface area contributed by atoms with E-state index >= 15 is 0 Å². The van der Waals surface area contributed by atoms with Gasteiger partial charge in [0.2, 0.25) is 0 Å². The summed E-state index contributed by atoms with van der Waals surface area (Å²) in [7, 11) is -0.115. The van der Waals surface area contributed by atoms with Crippen molar-refractivity contribution < 1.29 is 14.9 Å². The van der Waals surface area contributed by atoms with Crippen LogP contribution >= 0.6 is 0 Å². The molecular weight excluding hydrogens is 419 g/mol. The van der Waals surface area contributed by atoms with Crippen molar-refractivity contribution in [2.75, 3.05) is 13.7 Å². The molecule has 0 saturated heterocycles. The molecule has 0 saturated carbocycles. The number of hydrogen-bond donors (Lipinski definition) is 2. The Bertz CT molecular complexity index is 693. The van der Waals surface area contributed by atoms with Gasteiger partial charge >= 0.3 is 171 Å². The Balaban J connectivity index is 2.46. The molecule has 2 aromatic rings. The van der Waals surface area contributed by atoms with Crippen molar-refractivity contribution in [1.82, 2.24) is 0 Å². The molecular formula is C22H32O3SeSi. The topological polar surface area (TPSA) is 49.7 Å². The van der Waals surface area contributed by atoms with Crippen LogP contribution in [0.2, 0.25) is 17.5 Å². The minimum atomic E-state index is -1.87. The van der Waals surface area contributed by atoms with E-state index in [2.05, 4.69) is 55.6 Å². The molecule has 0 amide bonds. The summed E-state index contributed by atoms with van der Waals surface area (Å²) in [5.74, 6) is 0. The van der Waals surface area contributed by atoms with Crippen molar-refractivity contribution >= 4 is 32.7 Å². The van der Waals surface area contributed by atoms with Gasteiger partial charge in [-0.3, -0.25) is 0 Å². The predicted octanol–water partition coefficient (Wildman–Crippen LogP) is 2.80. The maximum absolute atomic E-state index is 10.5. The van der Waals surface area contributed by atoms with Crippen LogP contribution in [0, 0.1) is 0 Å². The molecule has 0 aliphatic heterocycles. The van der Waals surface area contributed by atoms with Crippen LogP contribution in [-0.4, -0.2) is 53.1 Å². The van der Waals surface area contributed by atoms with Gasteiger partial charge < -0.3 is 0 Å². The van der Waals surface area contributed by atoms with Crippen LogP contribution in [0.3, 0.4) is 0 Å². The molecule has 0 fully saturated rings. The Hall–Kier alpha value is -0.944. The molecule has 0 aliphatic rings. The molecule has 3 nitrogen and oxygen atoms in total. The van der Waals surface area contributed by atoms with E-state index in [4.69, 9.17) is 4.74 Å². The number of hydrogen-bond acceptors (Lipinski definition) is 3. The predicted molar refractivity (Wildman–Crippen MR) is 117 cm³/mol. The maximum atomic E-state index is 10.5. The van der Waals surface area contributed by atoms with Crippen molar-refractivity contribution in [3.05, 3.63) is 60.2 Å². The average Bonchev–Trinajstić information content (AvgIpc) is 2.70. The Labute approximate surface area is 171 Å². The average molecular weight is 452 g/mol. The van der Waals surface area contributed by atoms with Crippen molar-refractivity contribution in [3.63, 3.8) is 0 Å². The van der Waals surface area contributed by atoms with Crippen LogP contribution in [0.4, 0.5) is 0 Å². The summed E-state index contributed by atoms with van der Waals surface area (Å²) in [4.78, 5) is 0. The third-order valence-corrected chi connectivity index (χ3v) is 15.6. The van der Waals surface area contributed by atoms with Gasteiger partial charge in [-0.05, 0) is 0 Å². The van der Waals surface area contributed by atoms with E-state index in [0.29, 0.717) is 17.3 Å². The molecule has 0 aromatic heterocycles. The minimum absolute atomic E-state index is 0.0173. The van der Waals surface area contributed by atoms with Crippen LogP contribution in [0.1, 0.15) is 31.4 Å². The molecule has 2 rings (SSSR count). The van der Waals surface area contributed by atoms with Gasteiger partial charge in [-0.25, -0.2) is 0 Å². The second-order valence-corrected chi connectivity index (χ2v) is 15.4. The van der Waals surface area contributed by atoms with Gasteiger partial charge in [0.15, 0.2) is 0 Å². The third-order valence-electron chi connectivity index (χ3n) is 5.20. The van der Waals surface area contributed by atoms with Crippen LogP contribution in [0.15, 0.2) is 54.6 Å². The van der Waals surface area contributed by atoms with E-state index in [1.807, 2.05) is 19.1 Å². The summed E-state index contributed by atoms with van der Waals surface area (Å²) in [5.41, 5.74) is 1.04. The second-order valence-electron chi connectivity index (χ2n) is 7.37. The molecule has 148 valence electrons. The van der Waals surface area contributed by atoms with E-state index in [1.165, 1.54) is 9.65 Å². The number of aliphatic hydroxyl groups excluding tert-OH is 2. The number of rotatable bonds is 10. The van der Waals surface area contributed by atoms with Gasteiger partial charge in [0.05, 0.1) is 0 Å². The molecule has 0 unspecified atom stereocenters. The van der Waals surface area contributed by atoms with Crippen molar-refractivity contribution in [1.29, 1.82) is 0 Å². The molecule has 2 N–H and O–H groups in total. The molecule has 27 heavy (non-hydrogen) atoms. The van der Waals surface area contributed by atoms with Gasteiger partial charge in [-0.2, -0.15) is 0 Å². The fourth-order valence-corrected chi connectivity index (χ4v) is 12.2. The number of benzene rings is 2. The van der Waals surface area contributed by atoms with Crippen LogP contribution < -0.4 is 9.65 Å². The zero-order valence-electron chi connectivity index (χ0n) is 16.8. The normalized spacial score (nSPS) is 15.3. The molecule has 3 atom stereocenters. The van der Waals surface area contributed by atoms with Gasteiger partial charge in [0.25, 0.3) is 0 Å². The number of aliphatic hydroxyl groups is 2. The summed E-state index contributed by atoms with van der Waals surface area (Å²) >= 11 is 0.133. The van der Waals surface area contributed by atoms with Gasteiger partial charge in [-0.15, -0.1) is 0 Å². The Morgan fingerprint density at radius 3 is 2.26 bits per heavy atom. The fraction of sp³-hybridized carbons (Fsp3) is 0.455. The monoisotopic (exact) mass is 452 g/mol. The number of ether oxygens (including phenoxy) is 1. The first-order valence-electron chi connectivity index (χ1n) is 9.58. The van der Waals surface area contributed by atoms with Crippen LogP contribution in [0.25, 0.3) is 0 Å². The summed E-state index contributed by atoms with van der Waals surface area (Å²) in [6.45, 7) is 6.94. The summed E-state index contributed by atoms with van der Waals surface area (Å²) in [5, 5.41) is 21.5. The quantitative estimate of drug-likeness (QED) is 0.547. The Morgan fingerprint density at radius 1 is 1.04 bits per heavy atom. The van der Waals surface area contributed by atoms with Crippen LogP contribution in [0.5, 0.6) is 0 Å². The molecule has 0 heterocycles. The summed E-state index contributed by atoms with van der Waals surface area (Å²) in [6, 6.07) is 19.0.